The predicted molar refractivity (Wildman–Crippen MR) is 73.8 cm³/mol. The molecular weight excluding hydrogens is 268 g/mol. The molecule has 4 N–H and O–H groups in total. The van der Waals surface area contributed by atoms with Gasteiger partial charge in [0.05, 0.1) is 17.5 Å². The number of amides is 1. The van der Waals surface area contributed by atoms with Crippen molar-refractivity contribution in [2.24, 2.45) is 5.73 Å². The molecule has 0 aliphatic carbocycles. The Morgan fingerprint density at radius 1 is 1.47 bits per heavy atom. The van der Waals surface area contributed by atoms with E-state index in [-0.39, 0.29) is 23.6 Å². The fourth-order valence-electron chi connectivity index (χ4n) is 1.45. The van der Waals surface area contributed by atoms with Gasteiger partial charge in [0.1, 0.15) is 15.6 Å². The molecule has 1 aromatic rings. The first-order valence-corrected chi connectivity index (χ1v) is 7.79. The fourth-order valence-corrected chi connectivity index (χ4v) is 2.13. The van der Waals surface area contributed by atoms with Crippen molar-refractivity contribution in [3.63, 3.8) is 0 Å². The van der Waals surface area contributed by atoms with Gasteiger partial charge in [0.15, 0.2) is 0 Å². The van der Waals surface area contributed by atoms with Gasteiger partial charge in [-0.05, 0) is 31.0 Å². The van der Waals surface area contributed by atoms with Crippen molar-refractivity contribution in [2.45, 2.75) is 19.4 Å². The van der Waals surface area contributed by atoms with Crippen LogP contribution in [0.3, 0.4) is 0 Å². The molecule has 19 heavy (non-hydrogen) atoms. The van der Waals surface area contributed by atoms with E-state index in [1.807, 2.05) is 6.92 Å². The summed E-state index contributed by atoms with van der Waals surface area (Å²) in [5.41, 5.74) is 6.74. The number of hydrogen-bond donors (Lipinski definition) is 3. The van der Waals surface area contributed by atoms with Crippen molar-refractivity contribution in [3.05, 3.63) is 23.8 Å². The quantitative estimate of drug-likeness (QED) is 0.679. The molecule has 6 nitrogen and oxygen atoms in total. The first kappa shape index (κ1) is 15.5. The topological polar surface area (TPSA) is 109 Å². The van der Waals surface area contributed by atoms with Gasteiger partial charge in [0.2, 0.25) is 5.91 Å². The zero-order chi connectivity index (χ0) is 14.6. The van der Waals surface area contributed by atoms with E-state index in [4.69, 9.17) is 5.73 Å². The summed E-state index contributed by atoms with van der Waals surface area (Å²) in [4.78, 5) is 11.8. The lowest BCUT2D eigenvalue weighted by Gasteiger charge is -2.13. The van der Waals surface area contributed by atoms with Crippen LogP contribution in [-0.2, 0) is 14.6 Å². The Kier molecular flexibility index (Phi) is 4.90. The van der Waals surface area contributed by atoms with Gasteiger partial charge in [-0.1, -0.05) is 6.07 Å². The second-order valence-corrected chi connectivity index (χ2v) is 6.79. The van der Waals surface area contributed by atoms with Gasteiger partial charge in [0, 0.05) is 6.26 Å². The third-order valence-electron chi connectivity index (χ3n) is 2.55. The molecule has 0 fully saturated rings. The molecule has 0 aliphatic heterocycles. The van der Waals surface area contributed by atoms with Crippen molar-refractivity contribution in [2.75, 3.05) is 17.3 Å². The molecule has 1 atom stereocenters. The number of nitrogens with one attached hydrogen (secondary N) is 1. The number of hydrogen-bond acceptors (Lipinski definition) is 5. The van der Waals surface area contributed by atoms with Crippen LogP contribution in [0.1, 0.15) is 12.0 Å². The minimum absolute atomic E-state index is 0.0389. The number of phenols is 1. The molecule has 0 saturated heterocycles. The lowest BCUT2D eigenvalue weighted by molar-refractivity contribution is -0.117. The zero-order valence-electron chi connectivity index (χ0n) is 10.9. The molecule has 0 bridgehead atoms. The molecule has 0 aromatic heterocycles. The van der Waals surface area contributed by atoms with Gasteiger partial charge < -0.3 is 16.2 Å². The molecule has 1 unspecified atom stereocenters. The Morgan fingerprint density at radius 3 is 2.68 bits per heavy atom. The Bertz CT molecular complexity index is 569. The van der Waals surface area contributed by atoms with Crippen LogP contribution in [0.15, 0.2) is 18.2 Å². The fraction of sp³-hybridized carbons (Fsp3) is 0.417. The number of aryl methyl sites for hydroxylation is 1. The second kappa shape index (κ2) is 6.03. The first-order chi connectivity index (χ1) is 8.69. The minimum atomic E-state index is -3.15. The molecule has 1 amide bonds. The molecule has 0 radical (unpaired) electrons. The number of carbonyl (C=O) groups is 1. The summed E-state index contributed by atoms with van der Waals surface area (Å²) >= 11 is 0. The molecule has 7 heteroatoms. The monoisotopic (exact) mass is 286 g/mol. The Morgan fingerprint density at radius 2 is 2.11 bits per heavy atom. The summed E-state index contributed by atoms with van der Waals surface area (Å²) in [6.07, 6.45) is 1.13. The smallest absolute Gasteiger partial charge is 0.241 e. The summed E-state index contributed by atoms with van der Waals surface area (Å²) in [5.74, 6) is -0.736. The Hall–Kier alpha value is -1.60. The van der Waals surface area contributed by atoms with Crippen LogP contribution in [0.2, 0.25) is 0 Å². The number of anilines is 1. The largest absolute Gasteiger partial charge is 0.506 e. The second-order valence-electron chi connectivity index (χ2n) is 4.53. The van der Waals surface area contributed by atoms with E-state index in [1.54, 1.807) is 12.1 Å². The molecule has 1 rings (SSSR count). The van der Waals surface area contributed by atoms with Crippen LogP contribution in [0, 0.1) is 6.92 Å². The SMILES string of the molecule is Cc1ccc(O)c(NC(=O)C(N)CCS(C)(=O)=O)c1. The molecule has 106 valence electrons. The highest BCUT2D eigenvalue weighted by Crippen LogP contribution is 2.23. The summed E-state index contributed by atoms with van der Waals surface area (Å²) in [6, 6.07) is 3.84. The van der Waals surface area contributed by atoms with Gasteiger partial charge in [-0.2, -0.15) is 0 Å². The van der Waals surface area contributed by atoms with Gasteiger partial charge in [0.25, 0.3) is 0 Å². The summed E-state index contributed by atoms with van der Waals surface area (Å²) < 4.78 is 22.0. The number of rotatable bonds is 5. The molecule has 1 aromatic carbocycles. The van der Waals surface area contributed by atoms with Crippen molar-refractivity contribution in [3.8, 4) is 5.75 Å². The maximum atomic E-state index is 11.8. The standard InChI is InChI=1S/C12H18N2O4S/c1-8-3-4-11(15)10(7-8)14-12(16)9(13)5-6-19(2,17)18/h3-4,7,9,15H,5-6,13H2,1-2H3,(H,14,16). The third kappa shape index (κ3) is 5.27. The van der Waals surface area contributed by atoms with E-state index >= 15 is 0 Å². The third-order valence-corrected chi connectivity index (χ3v) is 3.52. The van der Waals surface area contributed by atoms with Crippen LogP contribution >= 0.6 is 0 Å². The van der Waals surface area contributed by atoms with Crippen LogP contribution < -0.4 is 11.1 Å². The van der Waals surface area contributed by atoms with E-state index in [9.17, 15) is 18.3 Å². The van der Waals surface area contributed by atoms with Gasteiger partial charge in [-0.3, -0.25) is 4.79 Å². The number of benzene rings is 1. The highest BCUT2D eigenvalue weighted by Gasteiger charge is 2.17. The number of aromatic hydroxyl groups is 1. The van der Waals surface area contributed by atoms with Crippen LogP contribution in [-0.4, -0.2) is 37.5 Å². The number of sulfone groups is 1. The van der Waals surface area contributed by atoms with E-state index in [1.165, 1.54) is 6.07 Å². The van der Waals surface area contributed by atoms with Crippen molar-refractivity contribution in [1.29, 1.82) is 0 Å². The molecule has 0 saturated carbocycles. The normalized spacial score (nSPS) is 13.0. The average Bonchev–Trinajstić information content (AvgIpc) is 2.29. The molecule has 0 aliphatic rings. The number of nitrogens with two attached hydrogens (primary N) is 1. The molecule has 0 spiro atoms. The summed E-state index contributed by atoms with van der Waals surface area (Å²) in [7, 11) is -3.15. The molecular formula is C12H18N2O4S. The van der Waals surface area contributed by atoms with Gasteiger partial charge in [-0.25, -0.2) is 8.42 Å². The zero-order valence-corrected chi connectivity index (χ0v) is 11.7. The van der Waals surface area contributed by atoms with E-state index in [0.29, 0.717) is 0 Å². The maximum absolute atomic E-state index is 11.8. The van der Waals surface area contributed by atoms with Crippen LogP contribution in [0.25, 0.3) is 0 Å². The average molecular weight is 286 g/mol. The van der Waals surface area contributed by atoms with Crippen LogP contribution in [0.4, 0.5) is 5.69 Å². The Labute approximate surface area is 112 Å². The predicted octanol–water partition coefficient (Wildman–Crippen LogP) is 0.401. The van der Waals surface area contributed by atoms with Gasteiger partial charge >= 0.3 is 0 Å². The molecule has 0 heterocycles. The van der Waals surface area contributed by atoms with Crippen LogP contribution in [0.5, 0.6) is 5.75 Å². The van der Waals surface area contributed by atoms with Crippen molar-refractivity contribution < 1.29 is 18.3 Å². The van der Waals surface area contributed by atoms with Crippen molar-refractivity contribution >= 4 is 21.4 Å². The van der Waals surface area contributed by atoms with E-state index < -0.39 is 21.8 Å². The lowest BCUT2D eigenvalue weighted by Crippen LogP contribution is -2.37. The summed E-state index contributed by atoms with van der Waals surface area (Å²) in [5, 5.41) is 12.1. The highest BCUT2D eigenvalue weighted by atomic mass is 32.2. The first-order valence-electron chi connectivity index (χ1n) is 5.73. The number of phenolic OH excluding ortho intramolecular Hbond substituents is 1. The highest BCUT2D eigenvalue weighted by molar-refractivity contribution is 7.90. The lowest BCUT2D eigenvalue weighted by atomic mass is 10.2. The van der Waals surface area contributed by atoms with Gasteiger partial charge in [-0.15, -0.1) is 0 Å². The van der Waals surface area contributed by atoms with E-state index in [2.05, 4.69) is 5.32 Å². The minimum Gasteiger partial charge on any atom is -0.506 e. The van der Waals surface area contributed by atoms with Crippen molar-refractivity contribution in [1.82, 2.24) is 0 Å². The van der Waals surface area contributed by atoms with E-state index in [0.717, 1.165) is 11.8 Å². The number of carbonyl (C=O) groups excluding carboxylic acids is 1. The Balaban J connectivity index is 2.66. The maximum Gasteiger partial charge on any atom is 0.241 e. The summed E-state index contributed by atoms with van der Waals surface area (Å²) in [6.45, 7) is 1.82.